The first kappa shape index (κ1) is 23.5. The van der Waals surface area contributed by atoms with Gasteiger partial charge in [-0.05, 0) is 104 Å². The maximum Gasteiger partial charge on any atom is 0.159 e. The van der Waals surface area contributed by atoms with Crippen molar-refractivity contribution in [2.75, 3.05) is 0 Å². The standard InChI is InChI=1S/C29H48O2/c1-7-20(18(2)3)9-8-19(4)23-10-11-24-27-25(13-15-29(23,24)6)28(5)14-12-22(30)16-21(28)17-26(27)31/h17-20,22-25,27,30H,7-16H2,1-6H3/t19-,20-,22+,23-,24-,25-,27-,28+,29-/m1/s1. The molecule has 0 aromatic heterocycles. The Labute approximate surface area is 191 Å². The van der Waals surface area contributed by atoms with Gasteiger partial charge in [0.15, 0.2) is 5.78 Å². The molecule has 0 aromatic rings. The molecule has 4 rings (SSSR count). The lowest BCUT2D eigenvalue weighted by Gasteiger charge is -2.57. The molecule has 1 N–H and O–H groups in total. The molecule has 31 heavy (non-hydrogen) atoms. The van der Waals surface area contributed by atoms with Gasteiger partial charge in [-0.1, -0.05) is 60.0 Å². The largest absolute Gasteiger partial charge is 0.393 e. The number of ketones is 1. The summed E-state index contributed by atoms with van der Waals surface area (Å²) in [5.74, 6) is 4.90. The van der Waals surface area contributed by atoms with Crippen LogP contribution >= 0.6 is 0 Å². The minimum Gasteiger partial charge on any atom is -0.393 e. The van der Waals surface area contributed by atoms with Gasteiger partial charge in [0.25, 0.3) is 0 Å². The summed E-state index contributed by atoms with van der Waals surface area (Å²) in [5, 5.41) is 10.2. The molecule has 0 radical (unpaired) electrons. The van der Waals surface area contributed by atoms with Crippen LogP contribution in [0.2, 0.25) is 0 Å². The normalized spacial score (nSPS) is 44.3. The average Bonchev–Trinajstić information content (AvgIpc) is 3.06. The highest BCUT2D eigenvalue weighted by molar-refractivity contribution is 5.94. The minimum atomic E-state index is -0.243. The Morgan fingerprint density at radius 2 is 1.77 bits per heavy atom. The lowest BCUT2D eigenvalue weighted by Crippen LogP contribution is -2.53. The summed E-state index contributed by atoms with van der Waals surface area (Å²) < 4.78 is 0. The number of fused-ring (bicyclic) bond motifs is 5. The van der Waals surface area contributed by atoms with E-state index in [4.69, 9.17) is 0 Å². The van der Waals surface area contributed by atoms with Gasteiger partial charge in [-0.3, -0.25) is 4.79 Å². The van der Waals surface area contributed by atoms with E-state index in [1.54, 1.807) is 0 Å². The molecule has 176 valence electrons. The van der Waals surface area contributed by atoms with Crippen LogP contribution in [0.25, 0.3) is 0 Å². The average molecular weight is 429 g/mol. The number of carbonyl (C=O) groups excluding carboxylic acids is 1. The third-order valence-corrected chi connectivity index (χ3v) is 11.1. The van der Waals surface area contributed by atoms with Crippen LogP contribution in [0.5, 0.6) is 0 Å². The number of rotatable bonds is 6. The molecule has 4 aliphatic carbocycles. The highest BCUT2D eigenvalue weighted by Crippen LogP contribution is 2.66. The predicted molar refractivity (Wildman–Crippen MR) is 129 cm³/mol. The molecular weight excluding hydrogens is 380 g/mol. The molecular formula is C29H48O2. The van der Waals surface area contributed by atoms with Crippen LogP contribution in [0, 0.1) is 52.3 Å². The number of allylic oxidation sites excluding steroid dienone is 1. The number of aliphatic hydroxyl groups excluding tert-OH is 1. The van der Waals surface area contributed by atoms with E-state index in [1.807, 2.05) is 6.08 Å². The summed E-state index contributed by atoms with van der Waals surface area (Å²) in [7, 11) is 0. The van der Waals surface area contributed by atoms with Gasteiger partial charge in [0, 0.05) is 5.92 Å². The molecule has 0 heterocycles. The Kier molecular flexibility index (Phi) is 6.54. The Balaban J connectivity index is 1.52. The number of carbonyl (C=O) groups is 1. The molecule has 0 aliphatic heterocycles. The second-order valence-electron chi connectivity index (χ2n) is 12.8. The molecule has 2 nitrogen and oxygen atoms in total. The van der Waals surface area contributed by atoms with Gasteiger partial charge in [0.1, 0.15) is 0 Å². The summed E-state index contributed by atoms with van der Waals surface area (Å²) in [5.41, 5.74) is 1.75. The zero-order chi connectivity index (χ0) is 22.6. The van der Waals surface area contributed by atoms with Crippen molar-refractivity contribution in [1.29, 1.82) is 0 Å². The van der Waals surface area contributed by atoms with Crippen molar-refractivity contribution in [2.45, 2.75) is 112 Å². The van der Waals surface area contributed by atoms with Crippen LogP contribution in [0.1, 0.15) is 106 Å². The Morgan fingerprint density at radius 1 is 1.03 bits per heavy atom. The van der Waals surface area contributed by atoms with E-state index in [9.17, 15) is 9.90 Å². The number of hydrogen-bond acceptors (Lipinski definition) is 2. The van der Waals surface area contributed by atoms with Gasteiger partial charge in [0.2, 0.25) is 0 Å². The molecule has 3 fully saturated rings. The maximum atomic E-state index is 13.5. The third kappa shape index (κ3) is 3.87. The number of aliphatic hydroxyl groups is 1. The summed E-state index contributed by atoms with van der Waals surface area (Å²) in [4.78, 5) is 13.5. The van der Waals surface area contributed by atoms with Crippen molar-refractivity contribution >= 4 is 5.78 Å². The second-order valence-corrected chi connectivity index (χ2v) is 12.8. The summed E-state index contributed by atoms with van der Waals surface area (Å²) in [6.07, 6.45) is 13.5. The lowest BCUT2D eigenvalue weighted by atomic mass is 9.46. The SMILES string of the molecule is CC[C@H](CC[C@@H](C)[C@H]1CC[C@@H]2[C@H]3C(=O)C=C4C[C@@H](O)CC[C@]4(C)[C@@H]3CC[C@@]21C)C(C)C. The lowest BCUT2D eigenvalue weighted by molar-refractivity contribution is -0.135. The summed E-state index contributed by atoms with van der Waals surface area (Å²) in [6, 6.07) is 0. The molecule has 2 heteroatoms. The fraction of sp³-hybridized carbons (Fsp3) is 0.897. The zero-order valence-corrected chi connectivity index (χ0v) is 21.1. The van der Waals surface area contributed by atoms with Gasteiger partial charge in [-0.15, -0.1) is 0 Å². The first-order chi connectivity index (χ1) is 14.6. The van der Waals surface area contributed by atoms with Crippen molar-refractivity contribution in [3.8, 4) is 0 Å². The fourth-order valence-corrected chi connectivity index (χ4v) is 9.04. The molecule has 3 saturated carbocycles. The second kappa shape index (κ2) is 8.62. The molecule has 0 saturated heterocycles. The molecule has 0 spiro atoms. The monoisotopic (exact) mass is 428 g/mol. The van der Waals surface area contributed by atoms with E-state index in [-0.39, 0.29) is 17.4 Å². The van der Waals surface area contributed by atoms with Gasteiger partial charge in [-0.2, -0.15) is 0 Å². The highest BCUT2D eigenvalue weighted by atomic mass is 16.3. The summed E-state index contributed by atoms with van der Waals surface area (Å²) in [6.45, 7) is 14.6. The van der Waals surface area contributed by atoms with Crippen LogP contribution in [0.3, 0.4) is 0 Å². The Morgan fingerprint density at radius 3 is 2.45 bits per heavy atom. The topological polar surface area (TPSA) is 37.3 Å². The summed E-state index contributed by atoms with van der Waals surface area (Å²) >= 11 is 0. The molecule has 9 atom stereocenters. The van der Waals surface area contributed by atoms with Crippen LogP contribution in [-0.4, -0.2) is 17.0 Å². The van der Waals surface area contributed by atoms with E-state index in [0.717, 1.165) is 42.9 Å². The first-order valence-electron chi connectivity index (χ1n) is 13.5. The van der Waals surface area contributed by atoms with Crippen molar-refractivity contribution in [1.82, 2.24) is 0 Å². The first-order valence-corrected chi connectivity index (χ1v) is 13.5. The van der Waals surface area contributed by atoms with Crippen LogP contribution in [0.15, 0.2) is 11.6 Å². The molecule has 0 amide bonds. The van der Waals surface area contributed by atoms with E-state index >= 15 is 0 Å². The molecule has 0 aromatic carbocycles. The third-order valence-electron chi connectivity index (χ3n) is 11.1. The molecule has 0 unspecified atom stereocenters. The maximum absolute atomic E-state index is 13.5. The Bertz CT molecular complexity index is 708. The van der Waals surface area contributed by atoms with E-state index < -0.39 is 0 Å². The fourth-order valence-electron chi connectivity index (χ4n) is 9.04. The van der Waals surface area contributed by atoms with E-state index in [0.29, 0.717) is 23.0 Å². The van der Waals surface area contributed by atoms with E-state index in [2.05, 4.69) is 41.5 Å². The highest BCUT2D eigenvalue weighted by Gasteiger charge is 2.61. The van der Waals surface area contributed by atoms with E-state index in [1.165, 1.54) is 50.5 Å². The smallest absolute Gasteiger partial charge is 0.159 e. The Hall–Kier alpha value is -0.630. The minimum absolute atomic E-state index is 0.147. The van der Waals surface area contributed by atoms with Crippen molar-refractivity contribution in [3.05, 3.63) is 11.6 Å². The van der Waals surface area contributed by atoms with Crippen molar-refractivity contribution in [3.63, 3.8) is 0 Å². The quantitative estimate of drug-likeness (QED) is 0.485. The molecule has 0 bridgehead atoms. The van der Waals surface area contributed by atoms with Gasteiger partial charge >= 0.3 is 0 Å². The zero-order valence-electron chi connectivity index (χ0n) is 21.1. The number of hydrogen-bond donors (Lipinski definition) is 1. The van der Waals surface area contributed by atoms with Crippen molar-refractivity contribution < 1.29 is 9.90 Å². The van der Waals surface area contributed by atoms with Crippen LogP contribution in [0.4, 0.5) is 0 Å². The van der Waals surface area contributed by atoms with Gasteiger partial charge in [-0.25, -0.2) is 0 Å². The van der Waals surface area contributed by atoms with Crippen molar-refractivity contribution in [2.24, 2.45) is 52.3 Å². The van der Waals surface area contributed by atoms with Crippen LogP contribution in [-0.2, 0) is 4.79 Å². The van der Waals surface area contributed by atoms with Crippen LogP contribution < -0.4 is 0 Å². The van der Waals surface area contributed by atoms with Gasteiger partial charge in [0.05, 0.1) is 6.10 Å². The molecule has 4 aliphatic rings. The predicted octanol–water partition coefficient (Wildman–Crippen LogP) is 7.20. The van der Waals surface area contributed by atoms with Gasteiger partial charge < -0.3 is 5.11 Å².